The Kier molecular flexibility index (Phi) is 8.07. The molecule has 29 heavy (non-hydrogen) atoms. The van der Waals surface area contributed by atoms with Crippen molar-refractivity contribution < 1.29 is 14.3 Å². The first-order valence-electron chi connectivity index (χ1n) is 11.0. The lowest BCUT2D eigenvalue weighted by atomic mass is 9.95. The molecule has 1 aromatic carbocycles. The lowest BCUT2D eigenvalue weighted by molar-refractivity contribution is -0.143. The minimum absolute atomic E-state index is 0.102. The fraction of sp³-hybridized carbons (Fsp3) is 0.652. The Morgan fingerprint density at radius 3 is 2.59 bits per heavy atom. The van der Waals surface area contributed by atoms with Gasteiger partial charge in [-0.2, -0.15) is 0 Å². The molecule has 0 spiro atoms. The van der Waals surface area contributed by atoms with Gasteiger partial charge in [0.15, 0.2) is 0 Å². The summed E-state index contributed by atoms with van der Waals surface area (Å²) >= 11 is 0. The second-order valence-electron chi connectivity index (χ2n) is 8.25. The number of morpholine rings is 1. The van der Waals surface area contributed by atoms with Crippen molar-refractivity contribution in [3.05, 3.63) is 35.9 Å². The number of ether oxygens (including phenoxy) is 1. The molecular weight excluding hydrogens is 366 g/mol. The van der Waals surface area contributed by atoms with Gasteiger partial charge >= 0.3 is 0 Å². The van der Waals surface area contributed by atoms with Crippen LogP contribution in [0.1, 0.15) is 38.7 Å². The molecule has 1 aromatic rings. The van der Waals surface area contributed by atoms with Crippen LogP contribution in [0.15, 0.2) is 30.3 Å². The lowest BCUT2D eigenvalue weighted by Crippen LogP contribution is -2.52. The maximum atomic E-state index is 13.6. The summed E-state index contributed by atoms with van der Waals surface area (Å²) in [5, 5.41) is 0. The van der Waals surface area contributed by atoms with Crippen molar-refractivity contribution in [2.24, 2.45) is 5.92 Å². The zero-order chi connectivity index (χ0) is 20.6. The molecule has 0 aliphatic carbocycles. The van der Waals surface area contributed by atoms with Gasteiger partial charge < -0.3 is 14.5 Å². The summed E-state index contributed by atoms with van der Waals surface area (Å²) in [6.07, 6.45) is 2.27. The summed E-state index contributed by atoms with van der Waals surface area (Å²) in [7, 11) is 0. The van der Waals surface area contributed by atoms with E-state index in [1.165, 1.54) is 0 Å². The van der Waals surface area contributed by atoms with Crippen LogP contribution in [0.3, 0.4) is 0 Å². The van der Waals surface area contributed by atoms with E-state index in [4.69, 9.17) is 4.74 Å². The Morgan fingerprint density at radius 2 is 1.90 bits per heavy atom. The first kappa shape index (κ1) is 21.8. The quantitative estimate of drug-likeness (QED) is 0.704. The molecule has 3 rings (SSSR count). The molecule has 160 valence electrons. The number of hydrogen-bond donors (Lipinski definition) is 0. The molecule has 2 aliphatic rings. The fourth-order valence-electron chi connectivity index (χ4n) is 4.35. The number of rotatable bonds is 7. The zero-order valence-electron chi connectivity index (χ0n) is 17.9. The van der Waals surface area contributed by atoms with Gasteiger partial charge in [0.25, 0.3) is 0 Å². The topological polar surface area (TPSA) is 53.1 Å². The molecule has 0 saturated carbocycles. The smallest absolute Gasteiger partial charge is 0.228 e. The van der Waals surface area contributed by atoms with Crippen molar-refractivity contribution in [1.82, 2.24) is 14.7 Å². The maximum absolute atomic E-state index is 13.6. The van der Waals surface area contributed by atoms with Gasteiger partial charge in [-0.3, -0.25) is 14.5 Å². The number of piperidine rings is 1. The normalized spacial score (nSPS) is 21.6. The van der Waals surface area contributed by atoms with E-state index < -0.39 is 0 Å². The van der Waals surface area contributed by atoms with Gasteiger partial charge in [-0.05, 0) is 25.3 Å². The number of benzene rings is 1. The zero-order valence-corrected chi connectivity index (χ0v) is 17.9. The number of amides is 2. The molecule has 2 heterocycles. The highest BCUT2D eigenvalue weighted by molar-refractivity contribution is 5.81. The highest BCUT2D eigenvalue weighted by Crippen LogP contribution is 2.22. The van der Waals surface area contributed by atoms with Crippen LogP contribution in [0, 0.1) is 5.92 Å². The third-order valence-corrected chi connectivity index (χ3v) is 6.06. The van der Waals surface area contributed by atoms with Gasteiger partial charge in [0.05, 0.1) is 19.1 Å². The van der Waals surface area contributed by atoms with Crippen molar-refractivity contribution in [3.8, 4) is 0 Å². The Balaban J connectivity index is 1.72. The van der Waals surface area contributed by atoms with E-state index in [0.29, 0.717) is 19.5 Å². The molecule has 0 bridgehead atoms. The molecule has 6 nitrogen and oxygen atoms in total. The molecule has 0 aromatic heterocycles. The summed E-state index contributed by atoms with van der Waals surface area (Å²) in [5.41, 5.74) is 1.15. The van der Waals surface area contributed by atoms with Crippen molar-refractivity contribution in [1.29, 1.82) is 0 Å². The van der Waals surface area contributed by atoms with Crippen LogP contribution in [0.2, 0.25) is 0 Å². The average molecular weight is 402 g/mol. The Morgan fingerprint density at radius 1 is 1.17 bits per heavy atom. The monoisotopic (exact) mass is 401 g/mol. The largest absolute Gasteiger partial charge is 0.379 e. The molecule has 2 fully saturated rings. The van der Waals surface area contributed by atoms with Crippen LogP contribution in [0.25, 0.3) is 0 Å². The van der Waals surface area contributed by atoms with Crippen LogP contribution in [0.5, 0.6) is 0 Å². The summed E-state index contributed by atoms with van der Waals surface area (Å²) in [5.74, 6) is 0.233. The maximum Gasteiger partial charge on any atom is 0.228 e. The van der Waals surface area contributed by atoms with E-state index in [1.54, 1.807) is 0 Å². The molecule has 0 N–H and O–H groups in total. The summed E-state index contributed by atoms with van der Waals surface area (Å²) < 4.78 is 5.47. The number of hydrogen-bond acceptors (Lipinski definition) is 4. The standard InChI is InChI=1S/C23H35N3O3/c1-3-22(27)25-11-7-10-21(18-25)23(28)26(17-20-8-5-4-6-9-20)19(2)16-24-12-14-29-15-13-24/h4-6,8-9,19,21H,3,7,10-18H2,1-2H3. The van der Waals surface area contributed by atoms with Crippen molar-refractivity contribution in [3.63, 3.8) is 0 Å². The minimum atomic E-state index is -0.102. The highest BCUT2D eigenvalue weighted by Gasteiger charge is 2.33. The van der Waals surface area contributed by atoms with E-state index in [9.17, 15) is 9.59 Å². The molecule has 2 aliphatic heterocycles. The molecule has 2 saturated heterocycles. The number of likely N-dealkylation sites (tertiary alicyclic amines) is 1. The SMILES string of the molecule is CCC(=O)N1CCCC(C(=O)N(Cc2ccccc2)C(C)CN2CCOCC2)C1. The van der Waals surface area contributed by atoms with Crippen LogP contribution in [0.4, 0.5) is 0 Å². The van der Waals surface area contributed by atoms with E-state index in [0.717, 1.165) is 57.8 Å². The van der Waals surface area contributed by atoms with Crippen LogP contribution in [-0.4, -0.2) is 78.5 Å². The van der Waals surface area contributed by atoms with Crippen molar-refractivity contribution in [2.75, 3.05) is 45.9 Å². The lowest BCUT2D eigenvalue weighted by Gasteiger charge is -2.39. The molecule has 2 unspecified atom stereocenters. The Hall–Kier alpha value is -1.92. The second kappa shape index (κ2) is 10.7. The number of nitrogens with zero attached hydrogens (tertiary/aromatic N) is 3. The van der Waals surface area contributed by atoms with Gasteiger partial charge in [-0.1, -0.05) is 37.3 Å². The fourth-order valence-corrected chi connectivity index (χ4v) is 4.35. The Bertz CT molecular complexity index is 661. The molecule has 6 heteroatoms. The average Bonchev–Trinajstić information content (AvgIpc) is 2.78. The molecule has 0 radical (unpaired) electrons. The van der Waals surface area contributed by atoms with Gasteiger partial charge in [0.2, 0.25) is 11.8 Å². The van der Waals surface area contributed by atoms with E-state index in [1.807, 2.05) is 34.9 Å². The van der Waals surface area contributed by atoms with E-state index in [2.05, 4.69) is 24.0 Å². The van der Waals surface area contributed by atoms with Gasteiger partial charge in [0, 0.05) is 51.7 Å². The van der Waals surface area contributed by atoms with Gasteiger partial charge in [-0.25, -0.2) is 0 Å². The van der Waals surface area contributed by atoms with Gasteiger partial charge in [0.1, 0.15) is 0 Å². The van der Waals surface area contributed by atoms with E-state index >= 15 is 0 Å². The van der Waals surface area contributed by atoms with Crippen molar-refractivity contribution in [2.45, 2.75) is 45.7 Å². The third kappa shape index (κ3) is 6.03. The predicted octanol–water partition coefficient (Wildman–Crippen LogP) is 2.38. The van der Waals surface area contributed by atoms with Crippen LogP contribution in [-0.2, 0) is 20.9 Å². The third-order valence-electron chi connectivity index (χ3n) is 6.06. The molecular formula is C23H35N3O3. The summed E-state index contributed by atoms with van der Waals surface area (Å²) in [6, 6.07) is 10.3. The van der Waals surface area contributed by atoms with E-state index in [-0.39, 0.29) is 23.8 Å². The summed E-state index contributed by atoms with van der Waals surface area (Å²) in [4.78, 5) is 32.1. The molecule has 2 amide bonds. The first-order valence-corrected chi connectivity index (χ1v) is 11.0. The van der Waals surface area contributed by atoms with Crippen LogP contribution < -0.4 is 0 Å². The van der Waals surface area contributed by atoms with Gasteiger partial charge in [-0.15, -0.1) is 0 Å². The summed E-state index contributed by atoms with van der Waals surface area (Å²) in [6.45, 7) is 10.2. The van der Waals surface area contributed by atoms with Crippen LogP contribution >= 0.6 is 0 Å². The minimum Gasteiger partial charge on any atom is -0.379 e. The number of carbonyl (C=O) groups is 2. The second-order valence-corrected chi connectivity index (χ2v) is 8.25. The number of carbonyl (C=O) groups excluding carboxylic acids is 2. The highest BCUT2D eigenvalue weighted by atomic mass is 16.5. The Labute approximate surface area is 174 Å². The first-order chi connectivity index (χ1) is 14.1. The van der Waals surface area contributed by atoms with Crippen molar-refractivity contribution >= 4 is 11.8 Å². The molecule has 2 atom stereocenters. The predicted molar refractivity (Wildman–Crippen MR) is 113 cm³/mol.